The van der Waals surface area contributed by atoms with Gasteiger partial charge in [0.2, 0.25) is 0 Å². The van der Waals surface area contributed by atoms with Gasteiger partial charge in [-0.25, -0.2) is 4.79 Å². The summed E-state index contributed by atoms with van der Waals surface area (Å²) in [5.74, 6) is -0.680. The third-order valence-corrected chi connectivity index (χ3v) is 5.02. The van der Waals surface area contributed by atoms with E-state index in [0.717, 1.165) is 11.4 Å². The largest absolute Gasteiger partial charge is 0.356 e. The molecular formula is C25H24N4O3. The van der Waals surface area contributed by atoms with Gasteiger partial charge in [0, 0.05) is 28.3 Å². The van der Waals surface area contributed by atoms with E-state index in [1.54, 1.807) is 24.3 Å². The molecule has 1 aliphatic heterocycles. The maximum atomic E-state index is 12.7. The number of carbonyl (C=O) groups excluding carboxylic acids is 3. The van der Waals surface area contributed by atoms with Gasteiger partial charge in [-0.05, 0) is 75.4 Å². The summed E-state index contributed by atoms with van der Waals surface area (Å²) in [6.45, 7) is 5.42. The Morgan fingerprint density at radius 1 is 0.688 bits per heavy atom. The van der Waals surface area contributed by atoms with Crippen LogP contribution in [0.1, 0.15) is 41.5 Å². The highest BCUT2D eigenvalue weighted by Crippen LogP contribution is 2.31. The van der Waals surface area contributed by atoms with Crippen LogP contribution < -0.4 is 16.0 Å². The van der Waals surface area contributed by atoms with E-state index >= 15 is 0 Å². The van der Waals surface area contributed by atoms with Crippen LogP contribution in [0, 0.1) is 0 Å². The highest BCUT2D eigenvalue weighted by atomic mass is 16.2. The van der Waals surface area contributed by atoms with Crippen LogP contribution in [0.25, 0.3) is 0 Å². The first-order valence-corrected chi connectivity index (χ1v) is 10.3. The molecule has 0 aromatic heterocycles. The quantitative estimate of drug-likeness (QED) is 0.481. The monoisotopic (exact) mass is 428 g/mol. The number of imide groups is 1. The van der Waals surface area contributed by atoms with Crippen molar-refractivity contribution in [1.29, 1.82) is 0 Å². The molecule has 0 saturated heterocycles. The van der Waals surface area contributed by atoms with Crippen LogP contribution in [0.4, 0.5) is 27.5 Å². The molecule has 32 heavy (non-hydrogen) atoms. The van der Waals surface area contributed by atoms with Crippen LogP contribution in [-0.2, 0) is 0 Å². The number of para-hydroxylation sites is 1. The van der Waals surface area contributed by atoms with Gasteiger partial charge in [-0.1, -0.05) is 18.2 Å². The zero-order chi connectivity index (χ0) is 22.9. The van der Waals surface area contributed by atoms with Crippen LogP contribution in [0.2, 0.25) is 0 Å². The first-order valence-electron chi connectivity index (χ1n) is 10.3. The van der Waals surface area contributed by atoms with Crippen molar-refractivity contribution < 1.29 is 14.4 Å². The fourth-order valence-corrected chi connectivity index (χ4v) is 3.55. The van der Waals surface area contributed by atoms with Gasteiger partial charge in [-0.2, -0.15) is 0 Å². The highest BCUT2D eigenvalue weighted by Gasteiger charge is 2.41. The summed E-state index contributed by atoms with van der Waals surface area (Å²) in [6.07, 6.45) is 0. The Kier molecular flexibility index (Phi) is 5.40. The predicted octanol–water partition coefficient (Wildman–Crippen LogP) is 5.47. The normalized spacial score (nSPS) is 13.0. The third kappa shape index (κ3) is 4.32. The van der Waals surface area contributed by atoms with Crippen LogP contribution in [0.15, 0.2) is 72.8 Å². The summed E-state index contributed by atoms with van der Waals surface area (Å²) < 4.78 is 0. The van der Waals surface area contributed by atoms with E-state index in [4.69, 9.17) is 0 Å². The Balaban J connectivity index is 1.41. The van der Waals surface area contributed by atoms with Gasteiger partial charge in [-0.3, -0.25) is 14.5 Å². The summed E-state index contributed by atoms with van der Waals surface area (Å²) in [6, 6.07) is 21.4. The molecule has 0 saturated carbocycles. The zero-order valence-electron chi connectivity index (χ0n) is 18.1. The third-order valence-electron chi connectivity index (χ3n) is 5.02. The minimum Gasteiger partial charge on any atom is -0.356 e. The van der Waals surface area contributed by atoms with Gasteiger partial charge in [0.1, 0.15) is 0 Å². The number of hydrogen-bond donors (Lipinski definition) is 3. The van der Waals surface area contributed by atoms with E-state index in [-0.39, 0.29) is 11.8 Å². The van der Waals surface area contributed by atoms with Crippen LogP contribution in [0.5, 0.6) is 0 Å². The maximum Gasteiger partial charge on any atom is 0.323 e. The Hall–Kier alpha value is -4.13. The lowest BCUT2D eigenvalue weighted by molar-refractivity contribution is 0.0507. The van der Waals surface area contributed by atoms with Crippen LogP contribution in [-0.4, -0.2) is 28.3 Å². The lowest BCUT2D eigenvalue weighted by Gasteiger charge is -2.29. The van der Waals surface area contributed by atoms with Crippen molar-refractivity contribution in [1.82, 2.24) is 4.90 Å². The van der Waals surface area contributed by atoms with Crippen molar-refractivity contribution in [2.45, 2.75) is 26.3 Å². The number of hydrogen-bond acceptors (Lipinski definition) is 4. The average molecular weight is 428 g/mol. The smallest absolute Gasteiger partial charge is 0.323 e. The molecule has 3 N–H and O–H groups in total. The molecule has 7 heteroatoms. The first kappa shape index (κ1) is 21.1. The standard InChI is InChI=1S/C25H24N4O3/c1-25(2,3)29-22(30)20-14-13-19(15-21(20)23(29)31)28-24(32)27-18-11-9-17(10-12-18)26-16-7-5-4-6-8-16/h4-15,26H,1-3H3,(H2,27,28,32). The second-order valence-electron chi connectivity index (χ2n) is 8.52. The summed E-state index contributed by atoms with van der Waals surface area (Å²) in [7, 11) is 0. The minimum absolute atomic E-state index is 0.291. The molecule has 4 rings (SSSR count). The number of amides is 4. The molecule has 0 fully saturated rings. The minimum atomic E-state index is -0.625. The van der Waals surface area contributed by atoms with Gasteiger partial charge in [0.05, 0.1) is 11.1 Å². The van der Waals surface area contributed by atoms with Crippen molar-refractivity contribution in [2.24, 2.45) is 0 Å². The fraction of sp³-hybridized carbons (Fsp3) is 0.160. The molecule has 162 valence electrons. The highest BCUT2D eigenvalue weighted by molar-refractivity contribution is 6.22. The number of nitrogens with zero attached hydrogens (tertiary/aromatic N) is 1. The van der Waals surface area contributed by atoms with Gasteiger partial charge in [0.25, 0.3) is 11.8 Å². The van der Waals surface area contributed by atoms with E-state index < -0.39 is 11.6 Å². The molecule has 7 nitrogen and oxygen atoms in total. The van der Waals surface area contributed by atoms with E-state index in [9.17, 15) is 14.4 Å². The number of rotatable bonds is 4. The maximum absolute atomic E-state index is 12.7. The van der Waals surface area contributed by atoms with Crippen molar-refractivity contribution in [3.8, 4) is 0 Å². The summed E-state index contributed by atoms with van der Waals surface area (Å²) in [5.41, 5.74) is 2.93. The summed E-state index contributed by atoms with van der Waals surface area (Å²) in [4.78, 5) is 39.0. The van der Waals surface area contributed by atoms with Gasteiger partial charge >= 0.3 is 6.03 Å². The van der Waals surface area contributed by atoms with Crippen molar-refractivity contribution in [2.75, 3.05) is 16.0 Å². The molecule has 0 radical (unpaired) electrons. The molecule has 0 bridgehead atoms. The number of nitrogens with one attached hydrogen (secondary N) is 3. The topological polar surface area (TPSA) is 90.5 Å². The molecule has 3 aromatic carbocycles. The van der Waals surface area contributed by atoms with Crippen LogP contribution in [0.3, 0.4) is 0 Å². The Morgan fingerprint density at radius 3 is 1.88 bits per heavy atom. The van der Waals surface area contributed by atoms with E-state index in [2.05, 4.69) is 16.0 Å². The first-order chi connectivity index (χ1) is 15.2. The van der Waals surface area contributed by atoms with E-state index in [0.29, 0.717) is 22.5 Å². The molecule has 3 aromatic rings. The van der Waals surface area contributed by atoms with Crippen LogP contribution >= 0.6 is 0 Å². The van der Waals surface area contributed by atoms with Gasteiger partial charge in [-0.15, -0.1) is 0 Å². The SMILES string of the molecule is CC(C)(C)N1C(=O)c2ccc(NC(=O)Nc3ccc(Nc4ccccc4)cc3)cc2C1=O. The number of benzene rings is 3. The fourth-order valence-electron chi connectivity index (χ4n) is 3.55. The zero-order valence-corrected chi connectivity index (χ0v) is 18.1. The van der Waals surface area contributed by atoms with Crippen molar-refractivity contribution >= 4 is 40.6 Å². The number of urea groups is 1. The lowest BCUT2D eigenvalue weighted by Crippen LogP contribution is -2.45. The predicted molar refractivity (Wildman–Crippen MR) is 126 cm³/mol. The molecule has 4 amide bonds. The Labute approximate surface area is 186 Å². The second-order valence-corrected chi connectivity index (χ2v) is 8.52. The molecule has 0 aliphatic carbocycles. The van der Waals surface area contributed by atoms with E-state index in [1.165, 1.54) is 11.0 Å². The molecule has 0 unspecified atom stereocenters. The van der Waals surface area contributed by atoms with Crippen molar-refractivity contribution in [3.63, 3.8) is 0 Å². The lowest BCUT2D eigenvalue weighted by atomic mass is 10.1. The number of carbonyl (C=O) groups is 3. The second kappa shape index (κ2) is 8.19. The van der Waals surface area contributed by atoms with Gasteiger partial charge in [0.15, 0.2) is 0 Å². The summed E-state index contributed by atoms with van der Waals surface area (Å²) >= 11 is 0. The summed E-state index contributed by atoms with van der Waals surface area (Å²) in [5, 5.41) is 8.76. The van der Waals surface area contributed by atoms with Crippen molar-refractivity contribution in [3.05, 3.63) is 83.9 Å². The number of fused-ring (bicyclic) bond motifs is 1. The Morgan fingerprint density at radius 2 is 1.22 bits per heavy atom. The van der Waals surface area contributed by atoms with E-state index in [1.807, 2.05) is 63.2 Å². The molecule has 0 atom stereocenters. The average Bonchev–Trinajstić information content (AvgIpc) is 3.00. The Bertz CT molecular complexity index is 1180. The molecule has 1 heterocycles. The molecular weight excluding hydrogens is 404 g/mol. The number of anilines is 4. The molecule has 1 aliphatic rings. The molecule has 0 spiro atoms. The van der Waals surface area contributed by atoms with Gasteiger partial charge < -0.3 is 16.0 Å².